The Balaban J connectivity index is 2.66. The van der Waals surface area contributed by atoms with Crippen LogP contribution in [0.4, 0.5) is 13.2 Å². The first-order valence-electron chi connectivity index (χ1n) is 10.7. The molecule has 4 nitrogen and oxygen atoms in total. The minimum absolute atomic E-state index is 0.0921. The molecule has 0 aliphatic carbocycles. The molecule has 0 bridgehead atoms. The van der Waals surface area contributed by atoms with Crippen LogP contribution in [0.15, 0.2) is 48.5 Å². The molecule has 0 radical (unpaired) electrons. The van der Waals surface area contributed by atoms with E-state index in [-0.39, 0.29) is 28.7 Å². The number of ether oxygens (including phenoxy) is 2. The van der Waals surface area contributed by atoms with Gasteiger partial charge in [0, 0.05) is 18.9 Å². The fourth-order valence-corrected chi connectivity index (χ4v) is 3.21. The molecular weight excluding hydrogens is 431 g/mol. The Kier molecular flexibility index (Phi) is 8.32. The van der Waals surface area contributed by atoms with Gasteiger partial charge in [-0.1, -0.05) is 70.2 Å². The van der Waals surface area contributed by atoms with E-state index in [2.05, 4.69) is 0 Å². The number of carbonyl (C=O) groups is 1. The maximum absolute atomic E-state index is 13.8. The minimum atomic E-state index is -4.68. The second-order valence-corrected chi connectivity index (χ2v) is 8.61. The van der Waals surface area contributed by atoms with Crippen molar-refractivity contribution in [1.29, 1.82) is 5.26 Å². The number of hydrogen-bond donors (Lipinski definition) is 0. The number of hydrogen-bond acceptors (Lipinski definition) is 4. The zero-order valence-electron chi connectivity index (χ0n) is 19.4. The molecule has 2 aromatic carbocycles. The van der Waals surface area contributed by atoms with Gasteiger partial charge in [0.05, 0.1) is 5.56 Å². The molecule has 0 amide bonds. The first-order chi connectivity index (χ1) is 15.4. The second-order valence-electron chi connectivity index (χ2n) is 8.61. The lowest BCUT2D eigenvalue weighted by Gasteiger charge is -2.22. The molecule has 0 saturated heterocycles. The van der Waals surface area contributed by atoms with Crippen molar-refractivity contribution in [2.75, 3.05) is 0 Å². The van der Waals surface area contributed by atoms with Crippen LogP contribution in [-0.4, -0.2) is 12.3 Å². The quantitative estimate of drug-likeness (QED) is 0.146. The Morgan fingerprint density at radius 2 is 1.64 bits per heavy atom. The zero-order chi connectivity index (χ0) is 24.8. The molecule has 1 unspecified atom stereocenters. The highest BCUT2D eigenvalue weighted by Gasteiger charge is 2.35. The van der Waals surface area contributed by atoms with Crippen molar-refractivity contribution < 1.29 is 27.4 Å². The molecule has 2 rings (SSSR count). The number of benzene rings is 2. The Morgan fingerprint density at radius 3 is 2.15 bits per heavy atom. The fraction of sp³-hybridized carbons (Fsp3) is 0.385. The third kappa shape index (κ3) is 6.85. The third-order valence-corrected chi connectivity index (χ3v) is 4.89. The fourth-order valence-electron chi connectivity index (χ4n) is 3.21. The van der Waals surface area contributed by atoms with Gasteiger partial charge in [-0.2, -0.15) is 18.4 Å². The van der Waals surface area contributed by atoms with Crippen LogP contribution in [0.5, 0.6) is 0 Å². The monoisotopic (exact) mass is 459 g/mol. The van der Waals surface area contributed by atoms with E-state index in [1.54, 1.807) is 19.1 Å². The number of nitriles is 1. The Labute approximate surface area is 192 Å². The van der Waals surface area contributed by atoms with Crippen molar-refractivity contribution in [2.45, 2.75) is 65.3 Å². The predicted octanol–water partition coefficient (Wildman–Crippen LogP) is 7.10. The maximum Gasteiger partial charge on any atom is 0.417 e. The van der Waals surface area contributed by atoms with Crippen molar-refractivity contribution >= 4 is 17.3 Å². The zero-order valence-corrected chi connectivity index (χ0v) is 19.4. The van der Waals surface area contributed by atoms with Crippen LogP contribution >= 0.6 is 0 Å². The second kappa shape index (κ2) is 10.6. The van der Waals surface area contributed by atoms with Gasteiger partial charge in [0.25, 0.3) is 0 Å². The molecule has 0 aliphatic rings. The lowest BCUT2D eigenvalue weighted by atomic mass is 9.86. The van der Waals surface area contributed by atoms with Gasteiger partial charge in [0.2, 0.25) is 6.29 Å². The highest BCUT2D eigenvalue weighted by atomic mass is 19.4. The Bertz CT molecular complexity index is 1040. The predicted molar refractivity (Wildman–Crippen MR) is 121 cm³/mol. The van der Waals surface area contributed by atoms with Crippen molar-refractivity contribution in [3.63, 3.8) is 0 Å². The van der Waals surface area contributed by atoms with E-state index in [0.717, 1.165) is 11.6 Å². The molecule has 0 aromatic heterocycles. The molecule has 0 heterocycles. The van der Waals surface area contributed by atoms with Crippen LogP contribution < -0.4 is 0 Å². The number of alkyl halides is 3. The number of carbonyl (C=O) groups excluding carboxylic acids is 1. The molecule has 176 valence electrons. The molecule has 0 spiro atoms. The molecule has 0 N–H and O–H groups in total. The molecule has 0 fully saturated rings. The lowest BCUT2D eigenvalue weighted by Crippen LogP contribution is -2.19. The summed E-state index contributed by atoms with van der Waals surface area (Å²) < 4.78 is 52.2. The summed E-state index contributed by atoms with van der Waals surface area (Å²) in [6.45, 7) is 9.30. The summed E-state index contributed by atoms with van der Waals surface area (Å²) in [5.74, 6) is -0.841. The molecule has 1 atom stereocenters. The molecular formula is C26H28F3NO3. The van der Waals surface area contributed by atoms with Gasteiger partial charge >= 0.3 is 12.1 Å². The van der Waals surface area contributed by atoms with Crippen LogP contribution in [-0.2, 0) is 25.9 Å². The van der Waals surface area contributed by atoms with Crippen LogP contribution in [0.1, 0.15) is 69.7 Å². The van der Waals surface area contributed by atoms with Crippen LogP contribution in [0, 0.1) is 11.3 Å². The summed E-state index contributed by atoms with van der Waals surface area (Å²) >= 11 is 0. The minimum Gasteiger partial charge on any atom is -0.453 e. The smallest absolute Gasteiger partial charge is 0.417 e. The van der Waals surface area contributed by atoms with Crippen molar-refractivity contribution in [3.05, 3.63) is 70.8 Å². The average molecular weight is 460 g/mol. The van der Waals surface area contributed by atoms with Crippen LogP contribution in [0.3, 0.4) is 0 Å². The van der Waals surface area contributed by atoms with E-state index < -0.39 is 24.0 Å². The largest absolute Gasteiger partial charge is 0.453 e. The van der Waals surface area contributed by atoms with E-state index in [1.165, 1.54) is 25.1 Å². The third-order valence-electron chi connectivity index (χ3n) is 4.89. The summed E-state index contributed by atoms with van der Waals surface area (Å²) in [4.78, 5) is 11.9. The van der Waals surface area contributed by atoms with Gasteiger partial charge in [-0.05, 0) is 29.0 Å². The van der Waals surface area contributed by atoms with Gasteiger partial charge < -0.3 is 9.47 Å². The van der Waals surface area contributed by atoms with Crippen LogP contribution in [0.2, 0.25) is 0 Å². The van der Waals surface area contributed by atoms with Gasteiger partial charge in [0.1, 0.15) is 17.4 Å². The first-order valence-corrected chi connectivity index (χ1v) is 10.7. The van der Waals surface area contributed by atoms with E-state index >= 15 is 0 Å². The molecule has 7 heteroatoms. The standard InChI is InChI=1S/C26H28F3NO3/c1-6-9-23(31)32-17(2)33-24(20-10-7-8-11-22(20)26(27,28)29)21(16-30)18-12-14-19(15-13-18)25(3,4)5/h7-8,10-15,17H,6,9H2,1-5H3/b24-21-. The highest BCUT2D eigenvalue weighted by molar-refractivity contribution is 5.95. The number of esters is 1. The summed E-state index contributed by atoms with van der Waals surface area (Å²) in [7, 11) is 0. The van der Waals surface area contributed by atoms with E-state index in [1.807, 2.05) is 39.0 Å². The summed E-state index contributed by atoms with van der Waals surface area (Å²) in [5, 5.41) is 9.94. The maximum atomic E-state index is 13.8. The van der Waals surface area contributed by atoms with E-state index in [4.69, 9.17) is 9.47 Å². The molecule has 33 heavy (non-hydrogen) atoms. The number of rotatable bonds is 7. The van der Waals surface area contributed by atoms with Gasteiger partial charge in [0.15, 0.2) is 0 Å². The van der Waals surface area contributed by atoms with Gasteiger partial charge in [-0.15, -0.1) is 0 Å². The molecule has 2 aromatic rings. The highest BCUT2D eigenvalue weighted by Crippen LogP contribution is 2.38. The molecule has 0 saturated carbocycles. The topological polar surface area (TPSA) is 59.3 Å². The van der Waals surface area contributed by atoms with Crippen molar-refractivity contribution in [2.24, 2.45) is 0 Å². The summed E-state index contributed by atoms with van der Waals surface area (Å²) in [5.41, 5.74) is -0.0936. The molecule has 0 aliphatic heterocycles. The first kappa shape index (κ1) is 26.0. The SMILES string of the molecule is CCCC(=O)OC(C)O/C(=C(/C#N)c1ccc(C(C)(C)C)cc1)c1ccccc1C(F)(F)F. The van der Waals surface area contributed by atoms with E-state index in [9.17, 15) is 23.2 Å². The van der Waals surface area contributed by atoms with Crippen LogP contribution in [0.25, 0.3) is 11.3 Å². The Morgan fingerprint density at radius 1 is 1.03 bits per heavy atom. The summed E-state index contributed by atoms with van der Waals surface area (Å²) in [6, 6.07) is 13.8. The Hall–Kier alpha value is -3.27. The van der Waals surface area contributed by atoms with Crippen molar-refractivity contribution in [1.82, 2.24) is 0 Å². The van der Waals surface area contributed by atoms with Gasteiger partial charge in [-0.3, -0.25) is 4.79 Å². The number of allylic oxidation sites excluding steroid dienone is 1. The lowest BCUT2D eigenvalue weighted by molar-refractivity contribution is -0.164. The average Bonchev–Trinajstić information content (AvgIpc) is 2.73. The number of nitrogens with zero attached hydrogens (tertiary/aromatic N) is 1. The van der Waals surface area contributed by atoms with Crippen molar-refractivity contribution in [3.8, 4) is 6.07 Å². The number of halogens is 3. The summed E-state index contributed by atoms with van der Waals surface area (Å²) in [6.07, 6.45) is -5.18. The van der Waals surface area contributed by atoms with E-state index in [0.29, 0.717) is 12.0 Å². The van der Waals surface area contributed by atoms with Gasteiger partial charge in [-0.25, -0.2) is 0 Å². The normalized spacial score (nSPS) is 13.5.